The highest BCUT2D eigenvalue weighted by Crippen LogP contribution is 2.15. The van der Waals surface area contributed by atoms with Gasteiger partial charge in [-0.3, -0.25) is 14.0 Å². The molecule has 2 aromatic rings. The first kappa shape index (κ1) is 16.5. The molecule has 1 aliphatic rings. The normalized spacial score (nSPS) is 15.0. The number of rotatable bonds is 3. The maximum Gasteiger partial charge on any atom is 0.346 e. The number of hydrogen-bond acceptors (Lipinski definition) is 4. The first-order valence-electron chi connectivity index (χ1n) is 8.36. The molecule has 0 bridgehead atoms. The Morgan fingerprint density at radius 1 is 1.29 bits per heavy atom. The van der Waals surface area contributed by atoms with Crippen LogP contribution in [0.15, 0.2) is 17.2 Å². The summed E-state index contributed by atoms with van der Waals surface area (Å²) in [7, 11) is 0. The van der Waals surface area contributed by atoms with E-state index in [4.69, 9.17) is 0 Å². The Labute approximate surface area is 140 Å². The van der Waals surface area contributed by atoms with Crippen molar-refractivity contribution in [2.75, 3.05) is 5.32 Å². The number of nitrogens with zero attached hydrogens (tertiary/aromatic N) is 5. The van der Waals surface area contributed by atoms with E-state index in [2.05, 4.69) is 15.5 Å². The minimum atomic E-state index is -0.279. The lowest BCUT2D eigenvalue weighted by atomic mass is 10.1. The van der Waals surface area contributed by atoms with Crippen LogP contribution < -0.4 is 11.0 Å². The maximum absolute atomic E-state index is 12.4. The number of aromatic nitrogens is 5. The van der Waals surface area contributed by atoms with Crippen LogP contribution in [0.5, 0.6) is 0 Å². The van der Waals surface area contributed by atoms with Crippen LogP contribution in [0, 0.1) is 0 Å². The Morgan fingerprint density at radius 3 is 2.79 bits per heavy atom. The van der Waals surface area contributed by atoms with E-state index in [-0.39, 0.29) is 23.7 Å². The van der Waals surface area contributed by atoms with Gasteiger partial charge in [-0.25, -0.2) is 9.48 Å². The number of aryl methyl sites for hydroxylation is 1. The minimum Gasteiger partial charge on any atom is -0.322 e. The van der Waals surface area contributed by atoms with E-state index in [0.29, 0.717) is 12.2 Å². The third-order valence-electron chi connectivity index (χ3n) is 4.13. The molecule has 3 heterocycles. The van der Waals surface area contributed by atoms with Gasteiger partial charge in [0.15, 0.2) is 0 Å². The van der Waals surface area contributed by atoms with Crippen molar-refractivity contribution in [3.8, 4) is 0 Å². The van der Waals surface area contributed by atoms with E-state index in [1.807, 2.05) is 20.8 Å². The quantitative estimate of drug-likeness (QED) is 0.919. The first-order chi connectivity index (χ1) is 11.3. The topological polar surface area (TPSA) is 86.7 Å². The Hall–Kier alpha value is -2.38. The molecule has 130 valence electrons. The molecular formula is C16H24N6O2. The van der Waals surface area contributed by atoms with Gasteiger partial charge >= 0.3 is 5.69 Å². The van der Waals surface area contributed by atoms with Gasteiger partial charge in [-0.05, 0) is 33.6 Å². The molecule has 0 atom stereocenters. The molecule has 2 aromatic heterocycles. The van der Waals surface area contributed by atoms with E-state index in [1.165, 1.54) is 4.68 Å². The lowest BCUT2D eigenvalue weighted by molar-refractivity contribution is -0.117. The van der Waals surface area contributed by atoms with Gasteiger partial charge in [-0.1, -0.05) is 6.42 Å². The summed E-state index contributed by atoms with van der Waals surface area (Å²) >= 11 is 0. The Balaban J connectivity index is 1.69. The monoisotopic (exact) mass is 332 g/mol. The fourth-order valence-electron chi connectivity index (χ4n) is 2.82. The van der Waals surface area contributed by atoms with Crippen molar-refractivity contribution in [3.63, 3.8) is 0 Å². The molecule has 1 amide bonds. The molecule has 0 aromatic carbocycles. The molecule has 1 aliphatic heterocycles. The van der Waals surface area contributed by atoms with Crippen molar-refractivity contribution in [1.82, 2.24) is 24.1 Å². The number of amides is 1. The van der Waals surface area contributed by atoms with Crippen LogP contribution in [-0.2, 0) is 29.8 Å². The number of carbonyl (C=O) groups is 1. The van der Waals surface area contributed by atoms with E-state index in [0.717, 1.165) is 31.5 Å². The van der Waals surface area contributed by atoms with Gasteiger partial charge in [0.05, 0.1) is 17.4 Å². The van der Waals surface area contributed by atoms with Crippen LogP contribution in [0.4, 0.5) is 5.69 Å². The average Bonchev–Trinajstić information content (AvgIpc) is 2.98. The number of nitrogens with one attached hydrogen (secondary N) is 1. The fourth-order valence-corrected chi connectivity index (χ4v) is 2.82. The molecule has 1 N–H and O–H groups in total. The van der Waals surface area contributed by atoms with Crippen molar-refractivity contribution in [2.24, 2.45) is 0 Å². The summed E-state index contributed by atoms with van der Waals surface area (Å²) < 4.78 is 4.73. The SMILES string of the molecule is CC(C)(C)n1cc(NC(=O)Cn2nc3n(c2=O)CCCCC3)cn1. The Bertz CT molecular complexity index is 792. The summed E-state index contributed by atoms with van der Waals surface area (Å²) in [4.78, 5) is 24.6. The third kappa shape index (κ3) is 3.42. The zero-order valence-electron chi connectivity index (χ0n) is 14.4. The highest BCUT2D eigenvalue weighted by Gasteiger charge is 2.18. The summed E-state index contributed by atoms with van der Waals surface area (Å²) in [5.41, 5.74) is 0.262. The van der Waals surface area contributed by atoms with Gasteiger partial charge in [-0.2, -0.15) is 10.2 Å². The second-order valence-corrected chi connectivity index (χ2v) is 7.21. The lowest BCUT2D eigenvalue weighted by Gasteiger charge is -2.18. The van der Waals surface area contributed by atoms with Gasteiger partial charge in [0, 0.05) is 19.2 Å². The highest BCUT2D eigenvalue weighted by molar-refractivity contribution is 5.90. The summed E-state index contributed by atoms with van der Waals surface area (Å²) in [6, 6.07) is 0. The van der Waals surface area contributed by atoms with Crippen molar-refractivity contribution in [2.45, 2.75) is 65.1 Å². The van der Waals surface area contributed by atoms with Crippen LogP contribution in [0.3, 0.4) is 0 Å². The van der Waals surface area contributed by atoms with Crippen molar-refractivity contribution < 1.29 is 4.79 Å². The summed E-state index contributed by atoms with van der Waals surface area (Å²) in [5, 5.41) is 11.3. The molecule has 0 spiro atoms. The van der Waals surface area contributed by atoms with E-state index >= 15 is 0 Å². The van der Waals surface area contributed by atoms with Crippen LogP contribution >= 0.6 is 0 Å². The number of fused-ring (bicyclic) bond motifs is 1. The summed E-state index contributed by atoms with van der Waals surface area (Å²) in [5.74, 6) is 0.504. The van der Waals surface area contributed by atoms with E-state index < -0.39 is 0 Å². The molecule has 0 saturated heterocycles. The van der Waals surface area contributed by atoms with Gasteiger partial charge in [0.2, 0.25) is 5.91 Å². The Morgan fingerprint density at radius 2 is 2.08 bits per heavy atom. The predicted molar refractivity (Wildman–Crippen MR) is 89.9 cm³/mol. The van der Waals surface area contributed by atoms with Gasteiger partial charge in [-0.15, -0.1) is 0 Å². The summed E-state index contributed by atoms with van der Waals surface area (Å²) in [6.45, 7) is 6.70. The average molecular weight is 332 g/mol. The molecule has 0 radical (unpaired) electrons. The first-order valence-corrected chi connectivity index (χ1v) is 8.36. The van der Waals surface area contributed by atoms with Crippen molar-refractivity contribution in [3.05, 3.63) is 28.7 Å². The second-order valence-electron chi connectivity index (χ2n) is 7.21. The van der Waals surface area contributed by atoms with Gasteiger partial charge in [0.25, 0.3) is 0 Å². The zero-order valence-corrected chi connectivity index (χ0v) is 14.4. The van der Waals surface area contributed by atoms with Gasteiger partial charge in [0.1, 0.15) is 12.4 Å². The third-order valence-corrected chi connectivity index (χ3v) is 4.13. The van der Waals surface area contributed by atoms with Crippen LogP contribution in [-0.4, -0.2) is 30.0 Å². The molecule has 0 aliphatic carbocycles. The van der Waals surface area contributed by atoms with Crippen LogP contribution in [0.2, 0.25) is 0 Å². The smallest absolute Gasteiger partial charge is 0.322 e. The van der Waals surface area contributed by atoms with Crippen molar-refractivity contribution >= 4 is 11.6 Å². The number of anilines is 1. The standard InChI is InChI=1S/C16H24N6O2/c1-16(2,3)22-10-12(9-17-22)18-14(23)11-21-15(24)20-8-6-4-5-7-13(20)19-21/h9-10H,4-8,11H2,1-3H3,(H,18,23). The zero-order chi connectivity index (χ0) is 17.3. The molecule has 8 nitrogen and oxygen atoms in total. The molecule has 0 unspecified atom stereocenters. The molecule has 8 heteroatoms. The van der Waals surface area contributed by atoms with E-state index in [1.54, 1.807) is 21.6 Å². The van der Waals surface area contributed by atoms with Crippen LogP contribution in [0.1, 0.15) is 45.9 Å². The molecule has 3 rings (SSSR count). The summed E-state index contributed by atoms with van der Waals surface area (Å²) in [6.07, 6.45) is 7.31. The molecule has 24 heavy (non-hydrogen) atoms. The highest BCUT2D eigenvalue weighted by atomic mass is 16.2. The predicted octanol–water partition coefficient (Wildman–Crippen LogP) is 1.36. The molecule has 0 fully saturated rings. The van der Waals surface area contributed by atoms with Crippen LogP contribution in [0.25, 0.3) is 0 Å². The fraction of sp³-hybridized carbons (Fsp3) is 0.625. The number of carbonyl (C=O) groups excluding carboxylic acids is 1. The number of hydrogen-bond donors (Lipinski definition) is 1. The Kier molecular flexibility index (Phi) is 4.29. The maximum atomic E-state index is 12.4. The molecular weight excluding hydrogens is 308 g/mol. The second kappa shape index (κ2) is 6.26. The molecule has 0 saturated carbocycles. The minimum absolute atomic E-state index is 0.0838. The van der Waals surface area contributed by atoms with Crippen molar-refractivity contribution in [1.29, 1.82) is 0 Å². The lowest BCUT2D eigenvalue weighted by Crippen LogP contribution is -2.30. The largest absolute Gasteiger partial charge is 0.346 e. The van der Waals surface area contributed by atoms with E-state index in [9.17, 15) is 9.59 Å². The van der Waals surface area contributed by atoms with Gasteiger partial charge < -0.3 is 5.32 Å².